The van der Waals surface area contributed by atoms with E-state index in [4.69, 9.17) is 16.3 Å². The molecule has 4 rings (SSSR count). The van der Waals surface area contributed by atoms with E-state index in [1.807, 2.05) is 29.2 Å². The van der Waals surface area contributed by atoms with Gasteiger partial charge in [-0.05, 0) is 48.7 Å². The van der Waals surface area contributed by atoms with Crippen molar-refractivity contribution in [1.29, 1.82) is 0 Å². The van der Waals surface area contributed by atoms with Gasteiger partial charge in [0.1, 0.15) is 5.75 Å². The molecule has 0 fully saturated rings. The van der Waals surface area contributed by atoms with E-state index in [0.29, 0.717) is 23.8 Å². The number of H-pyrrole nitrogens is 1. The van der Waals surface area contributed by atoms with Gasteiger partial charge in [0, 0.05) is 23.1 Å². The smallest absolute Gasteiger partial charge is 0.322 e. The monoisotopic (exact) mass is 369 g/mol. The molecule has 0 saturated heterocycles. The van der Waals surface area contributed by atoms with Crippen molar-refractivity contribution in [2.45, 2.75) is 19.4 Å². The third-order valence-electron chi connectivity index (χ3n) is 4.81. The summed E-state index contributed by atoms with van der Waals surface area (Å²) < 4.78 is 5.35. The lowest BCUT2D eigenvalue weighted by Crippen LogP contribution is -2.34. The molecule has 0 bridgehead atoms. The largest absolute Gasteiger partial charge is 0.497 e. The number of nitrogens with zero attached hydrogens (tertiary/aromatic N) is 1. The summed E-state index contributed by atoms with van der Waals surface area (Å²) >= 11 is 6.15. The van der Waals surface area contributed by atoms with Gasteiger partial charge in [0.15, 0.2) is 0 Å². The van der Waals surface area contributed by atoms with Crippen molar-refractivity contribution in [1.82, 2.24) is 9.88 Å². The molecule has 1 aliphatic heterocycles. The van der Waals surface area contributed by atoms with Crippen molar-refractivity contribution in [3.63, 3.8) is 0 Å². The van der Waals surface area contributed by atoms with Crippen LogP contribution in [-0.2, 0) is 13.0 Å². The third kappa shape index (κ3) is 3.10. The maximum atomic E-state index is 12.7. The maximum Gasteiger partial charge on any atom is 0.322 e. The van der Waals surface area contributed by atoms with Gasteiger partial charge in [-0.2, -0.15) is 0 Å². The minimum Gasteiger partial charge on any atom is -0.497 e. The van der Waals surface area contributed by atoms with Crippen molar-refractivity contribution in [3.05, 3.63) is 58.7 Å². The second-order valence-electron chi connectivity index (χ2n) is 6.43. The summed E-state index contributed by atoms with van der Waals surface area (Å²) in [5.41, 5.74) is 4.06. The number of nitrogens with one attached hydrogen (secondary N) is 2. The first-order valence-corrected chi connectivity index (χ1v) is 9.01. The molecule has 2 heterocycles. The van der Waals surface area contributed by atoms with Gasteiger partial charge in [0.2, 0.25) is 0 Å². The Morgan fingerprint density at radius 1 is 1.27 bits per heavy atom. The highest BCUT2D eigenvalue weighted by Crippen LogP contribution is 2.30. The Morgan fingerprint density at radius 2 is 2.12 bits per heavy atom. The van der Waals surface area contributed by atoms with Crippen LogP contribution in [0.1, 0.15) is 17.7 Å². The van der Waals surface area contributed by atoms with Crippen LogP contribution in [0.4, 0.5) is 10.5 Å². The van der Waals surface area contributed by atoms with E-state index in [2.05, 4.69) is 16.4 Å². The summed E-state index contributed by atoms with van der Waals surface area (Å²) in [4.78, 5) is 18.0. The molecule has 0 aliphatic carbocycles. The number of urea groups is 1. The number of carbonyl (C=O) groups excluding carboxylic acids is 1. The lowest BCUT2D eigenvalue weighted by molar-refractivity contribution is 0.209. The molecule has 0 saturated carbocycles. The average molecular weight is 370 g/mol. The average Bonchev–Trinajstić information content (AvgIpc) is 2.84. The number of methoxy groups -OCH3 is 1. The molecule has 1 aliphatic rings. The predicted octanol–water partition coefficient (Wildman–Crippen LogP) is 4.81. The quantitative estimate of drug-likeness (QED) is 0.681. The Kier molecular flexibility index (Phi) is 4.47. The Balaban J connectivity index is 1.60. The number of halogens is 1. The van der Waals surface area contributed by atoms with Gasteiger partial charge in [-0.15, -0.1) is 0 Å². The highest BCUT2D eigenvalue weighted by Gasteiger charge is 2.22. The van der Waals surface area contributed by atoms with Crippen LogP contribution in [0.3, 0.4) is 0 Å². The Bertz CT molecular complexity index is 967. The minimum absolute atomic E-state index is 0.137. The second kappa shape index (κ2) is 6.92. The predicted molar refractivity (Wildman–Crippen MR) is 104 cm³/mol. The number of fused-ring (bicyclic) bond motifs is 3. The van der Waals surface area contributed by atoms with Crippen LogP contribution >= 0.6 is 11.6 Å². The van der Waals surface area contributed by atoms with Gasteiger partial charge in [0.25, 0.3) is 0 Å². The molecule has 0 atom stereocenters. The zero-order valence-electron chi connectivity index (χ0n) is 14.5. The number of anilines is 1. The van der Waals surface area contributed by atoms with Crippen LogP contribution in [0.2, 0.25) is 5.02 Å². The van der Waals surface area contributed by atoms with Crippen LogP contribution in [-0.4, -0.2) is 29.6 Å². The first-order valence-electron chi connectivity index (χ1n) is 8.63. The molecular weight excluding hydrogens is 350 g/mol. The Morgan fingerprint density at radius 3 is 2.92 bits per heavy atom. The van der Waals surface area contributed by atoms with E-state index in [1.165, 1.54) is 10.9 Å². The van der Waals surface area contributed by atoms with Crippen LogP contribution in [0, 0.1) is 0 Å². The fraction of sp³-hybridized carbons (Fsp3) is 0.250. The van der Waals surface area contributed by atoms with Crippen LogP contribution in [0.25, 0.3) is 10.9 Å². The van der Waals surface area contributed by atoms with E-state index < -0.39 is 0 Å². The number of aromatic nitrogens is 1. The van der Waals surface area contributed by atoms with Crippen molar-refractivity contribution >= 4 is 34.2 Å². The molecular formula is C20H20ClN3O2. The zero-order chi connectivity index (χ0) is 18.1. The minimum atomic E-state index is -0.137. The standard InChI is InChI=1S/C20H20ClN3O2/c1-26-13-8-9-17-15(11-13)14-5-4-10-24(12-19(14)22-17)20(25)23-18-7-3-2-6-16(18)21/h2-3,6-9,11,22H,4-5,10,12H2,1H3,(H,23,25). The number of para-hydroxylation sites is 1. The molecule has 2 aromatic carbocycles. The van der Waals surface area contributed by atoms with Crippen molar-refractivity contribution in [3.8, 4) is 5.75 Å². The van der Waals surface area contributed by atoms with Crippen molar-refractivity contribution < 1.29 is 9.53 Å². The van der Waals surface area contributed by atoms with Gasteiger partial charge >= 0.3 is 6.03 Å². The molecule has 26 heavy (non-hydrogen) atoms. The van der Waals surface area contributed by atoms with Crippen LogP contribution in [0.5, 0.6) is 5.75 Å². The number of hydrogen-bond donors (Lipinski definition) is 2. The van der Waals surface area contributed by atoms with Crippen molar-refractivity contribution in [2.24, 2.45) is 0 Å². The molecule has 0 unspecified atom stereocenters. The molecule has 0 radical (unpaired) electrons. The molecule has 6 heteroatoms. The molecule has 5 nitrogen and oxygen atoms in total. The summed E-state index contributed by atoms with van der Waals surface area (Å²) in [5, 5.41) is 4.62. The normalized spacial score (nSPS) is 14.0. The second-order valence-corrected chi connectivity index (χ2v) is 6.84. The number of rotatable bonds is 2. The first-order chi connectivity index (χ1) is 12.7. The number of hydrogen-bond acceptors (Lipinski definition) is 2. The number of aromatic amines is 1. The van der Waals surface area contributed by atoms with E-state index >= 15 is 0 Å². The highest BCUT2D eigenvalue weighted by atomic mass is 35.5. The van der Waals surface area contributed by atoms with Crippen molar-refractivity contribution in [2.75, 3.05) is 19.0 Å². The molecule has 2 N–H and O–H groups in total. The van der Waals surface area contributed by atoms with E-state index in [1.54, 1.807) is 19.2 Å². The van der Waals surface area contributed by atoms with Crippen LogP contribution in [0.15, 0.2) is 42.5 Å². The molecule has 1 aromatic heterocycles. The third-order valence-corrected chi connectivity index (χ3v) is 5.14. The van der Waals surface area contributed by atoms with Gasteiger partial charge in [-0.3, -0.25) is 0 Å². The van der Waals surface area contributed by atoms with Gasteiger partial charge in [-0.1, -0.05) is 23.7 Å². The summed E-state index contributed by atoms with van der Waals surface area (Å²) in [6.07, 6.45) is 1.84. The lowest BCUT2D eigenvalue weighted by atomic mass is 10.1. The summed E-state index contributed by atoms with van der Waals surface area (Å²) in [5.74, 6) is 0.844. The number of amides is 2. The number of carbonyl (C=O) groups is 1. The number of benzene rings is 2. The Labute approximate surface area is 156 Å². The maximum absolute atomic E-state index is 12.7. The van der Waals surface area contributed by atoms with Gasteiger partial charge < -0.3 is 19.9 Å². The van der Waals surface area contributed by atoms with E-state index in [-0.39, 0.29) is 6.03 Å². The van der Waals surface area contributed by atoms with Crippen LogP contribution < -0.4 is 10.1 Å². The summed E-state index contributed by atoms with van der Waals surface area (Å²) in [6.45, 7) is 1.24. The lowest BCUT2D eigenvalue weighted by Gasteiger charge is -2.21. The number of ether oxygens (including phenoxy) is 1. The fourth-order valence-corrected chi connectivity index (χ4v) is 3.66. The van der Waals surface area contributed by atoms with Gasteiger partial charge in [-0.25, -0.2) is 4.79 Å². The SMILES string of the molecule is COc1ccc2[nH]c3c(c2c1)CCCN(C(=O)Nc1ccccc1Cl)C3. The fourth-order valence-electron chi connectivity index (χ4n) is 3.48. The summed E-state index contributed by atoms with van der Waals surface area (Å²) in [7, 11) is 1.67. The molecule has 2 amide bonds. The highest BCUT2D eigenvalue weighted by molar-refractivity contribution is 6.33. The van der Waals surface area contributed by atoms with E-state index in [0.717, 1.165) is 29.8 Å². The van der Waals surface area contributed by atoms with Gasteiger partial charge in [0.05, 0.1) is 24.4 Å². The topological polar surface area (TPSA) is 57.4 Å². The van der Waals surface area contributed by atoms with E-state index in [9.17, 15) is 4.79 Å². The molecule has 3 aromatic rings. The first kappa shape index (κ1) is 16.8. The number of aryl methyl sites for hydroxylation is 1. The summed E-state index contributed by atoms with van der Waals surface area (Å²) in [6, 6.07) is 13.2. The molecule has 134 valence electrons. The Hall–Kier alpha value is -2.66. The molecule has 0 spiro atoms. The zero-order valence-corrected chi connectivity index (χ0v) is 15.3.